The summed E-state index contributed by atoms with van der Waals surface area (Å²) in [6.07, 6.45) is 3.13. The van der Waals surface area contributed by atoms with Gasteiger partial charge in [0.1, 0.15) is 5.52 Å². The Morgan fingerprint density at radius 1 is 1.20 bits per heavy atom. The highest BCUT2D eigenvalue weighted by Crippen LogP contribution is 2.38. The molecule has 1 aromatic carbocycles. The Balaban J connectivity index is 2.17. The average Bonchev–Trinajstić information content (AvgIpc) is 2.63. The lowest BCUT2D eigenvalue weighted by atomic mass is 10.2. The molecule has 0 atom stereocenters. The minimum absolute atomic E-state index is 0.293. The van der Waals surface area contributed by atoms with Crippen LogP contribution < -0.4 is 4.74 Å². The molecule has 0 N–H and O–H groups in total. The SMILES string of the molecule is CCOC(=O)c1cnc2c(OC)nccc2c1Sc1ccc(Cl)cc1. The van der Waals surface area contributed by atoms with Crippen LogP contribution in [0.5, 0.6) is 5.88 Å². The van der Waals surface area contributed by atoms with Gasteiger partial charge >= 0.3 is 5.97 Å². The molecule has 0 aliphatic heterocycles. The van der Waals surface area contributed by atoms with Gasteiger partial charge in [-0.3, -0.25) is 0 Å². The van der Waals surface area contributed by atoms with E-state index in [2.05, 4.69) is 9.97 Å². The molecule has 0 radical (unpaired) electrons. The Morgan fingerprint density at radius 3 is 2.64 bits per heavy atom. The number of aromatic nitrogens is 2. The number of pyridine rings is 2. The lowest BCUT2D eigenvalue weighted by Gasteiger charge is -2.12. The van der Waals surface area contributed by atoms with Crippen molar-refractivity contribution in [2.75, 3.05) is 13.7 Å². The second-order valence-corrected chi connectivity index (χ2v) is 6.51. The molecule has 0 unspecified atom stereocenters. The number of hydrogen-bond acceptors (Lipinski definition) is 6. The van der Waals surface area contributed by atoms with Crippen LogP contribution in [0.3, 0.4) is 0 Å². The number of rotatable bonds is 5. The van der Waals surface area contributed by atoms with Crippen LogP contribution in [0.4, 0.5) is 0 Å². The molecule has 3 aromatic rings. The molecule has 5 nitrogen and oxygen atoms in total. The molecular weight excluding hydrogens is 360 g/mol. The zero-order chi connectivity index (χ0) is 17.8. The van der Waals surface area contributed by atoms with Crippen molar-refractivity contribution >= 4 is 40.2 Å². The Kier molecular flexibility index (Phi) is 5.40. The molecule has 3 rings (SSSR count). The topological polar surface area (TPSA) is 61.3 Å². The van der Waals surface area contributed by atoms with Crippen molar-refractivity contribution in [1.29, 1.82) is 0 Å². The third kappa shape index (κ3) is 3.70. The summed E-state index contributed by atoms with van der Waals surface area (Å²) >= 11 is 7.40. The summed E-state index contributed by atoms with van der Waals surface area (Å²) in [6.45, 7) is 2.06. The van der Waals surface area contributed by atoms with E-state index < -0.39 is 5.97 Å². The van der Waals surface area contributed by atoms with Crippen LogP contribution in [0.15, 0.2) is 52.5 Å². The maximum Gasteiger partial charge on any atom is 0.340 e. The predicted octanol–water partition coefficient (Wildman–Crippen LogP) is 4.62. The smallest absolute Gasteiger partial charge is 0.340 e. The van der Waals surface area contributed by atoms with E-state index in [9.17, 15) is 4.79 Å². The van der Waals surface area contributed by atoms with E-state index in [0.29, 0.717) is 28.6 Å². The van der Waals surface area contributed by atoms with Gasteiger partial charge in [-0.25, -0.2) is 14.8 Å². The number of carbonyl (C=O) groups excluding carboxylic acids is 1. The van der Waals surface area contributed by atoms with E-state index in [-0.39, 0.29) is 0 Å². The predicted molar refractivity (Wildman–Crippen MR) is 97.6 cm³/mol. The van der Waals surface area contributed by atoms with Crippen LogP contribution in [-0.4, -0.2) is 29.7 Å². The fourth-order valence-corrected chi connectivity index (χ4v) is 3.46. The van der Waals surface area contributed by atoms with Crippen LogP contribution in [0, 0.1) is 0 Å². The molecule has 0 saturated heterocycles. The van der Waals surface area contributed by atoms with Crippen molar-refractivity contribution in [1.82, 2.24) is 9.97 Å². The first-order chi connectivity index (χ1) is 12.1. The molecule has 2 heterocycles. The van der Waals surface area contributed by atoms with Crippen molar-refractivity contribution in [2.45, 2.75) is 16.7 Å². The summed E-state index contributed by atoms with van der Waals surface area (Å²) < 4.78 is 10.5. The highest BCUT2D eigenvalue weighted by Gasteiger charge is 2.19. The molecule has 0 amide bonds. The van der Waals surface area contributed by atoms with Crippen molar-refractivity contribution < 1.29 is 14.3 Å². The Morgan fingerprint density at radius 2 is 1.96 bits per heavy atom. The van der Waals surface area contributed by atoms with Crippen LogP contribution in [0.2, 0.25) is 5.02 Å². The van der Waals surface area contributed by atoms with Crippen molar-refractivity contribution in [2.24, 2.45) is 0 Å². The minimum Gasteiger partial charge on any atom is -0.479 e. The van der Waals surface area contributed by atoms with Gasteiger partial charge in [-0.05, 0) is 37.3 Å². The summed E-state index contributed by atoms with van der Waals surface area (Å²) in [5.74, 6) is -0.00462. The van der Waals surface area contributed by atoms with Crippen LogP contribution in [0.25, 0.3) is 10.9 Å². The van der Waals surface area contributed by atoms with E-state index in [4.69, 9.17) is 21.1 Å². The van der Waals surface area contributed by atoms with Gasteiger partial charge in [0.25, 0.3) is 0 Å². The van der Waals surface area contributed by atoms with Crippen molar-refractivity contribution in [3.05, 3.63) is 53.3 Å². The van der Waals surface area contributed by atoms with E-state index in [1.54, 1.807) is 25.3 Å². The Labute approximate surface area is 154 Å². The fourth-order valence-electron chi connectivity index (χ4n) is 2.31. The summed E-state index contributed by atoms with van der Waals surface area (Å²) in [7, 11) is 1.54. The first-order valence-electron chi connectivity index (χ1n) is 7.56. The van der Waals surface area contributed by atoms with E-state index in [1.807, 2.05) is 18.2 Å². The van der Waals surface area contributed by atoms with E-state index in [0.717, 1.165) is 15.2 Å². The molecule has 0 spiro atoms. The minimum atomic E-state index is -0.413. The van der Waals surface area contributed by atoms with Crippen LogP contribution in [0.1, 0.15) is 17.3 Å². The second kappa shape index (κ2) is 7.72. The lowest BCUT2D eigenvalue weighted by Crippen LogP contribution is -2.07. The number of esters is 1. The van der Waals surface area contributed by atoms with Crippen LogP contribution in [-0.2, 0) is 4.74 Å². The lowest BCUT2D eigenvalue weighted by molar-refractivity contribution is 0.0522. The second-order valence-electron chi connectivity index (χ2n) is 4.99. The highest BCUT2D eigenvalue weighted by atomic mass is 35.5. The zero-order valence-corrected chi connectivity index (χ0v) is 15.2. The number of ether oxygens (including phenoxy) is 2. The van der Waals surface area contributed by atoms with Gasteiger partial charge in [-0.2, -0.15) is 0 Å². The molecule has 0 aliphatic rings. The maximum atomic E-state index is 12.4. The molecule has 0 fully saturated rings. The van der Waals surface area contributed by atoms with E-state index >= 15 is 0 Å². The van der Waals surface area contributed by atoms with Crippen molar-refractivity contribution in [3.8, 4) is 5.88 Å². The number of hydrogen-bond donors (Lipinski definition) is 0. The molecule has 0 bridgehead atoms. The molecular formula is C18H15ClN2O3S. The highest BCUT2D eigenvalue weighted by molar-refractivity contribution is 7.99. The number of methoxy groups -OCH3 is 1. The van der Waals surface area contributed by atoms with Crippen LogP contribution >= 0.6 is 23.4 Å². The molecule has 0 aliphatic carbocycles. The normalized spacial score (nSPS) is 10.7. The Hall–Kier alpha value is -2.31. The molecule has 0 saturated carbocycles. The quantitative estimate of drug-likeness (QED) is 0.607. The summed E-state index contributed by atoms with van der Waals surface area (Å²) in [4.78, 5) is 22.6. The number of benzene rings is 1. The van der Waals surface area contributed by atoms with Crippen molar-refractivity contribution in [3.63, 3.8) is 0 Å². The first kappa shape index (κ1) is 17.5. The third-order valence-corrected chi connectivity index (χ3v) is 4.83. The molecule has 25 heavy (non-hydrogen) atoms. The number of halogens is 1. The summed E-state index contributed by atoms with van der Waals surface area (Å²) in [6, 6.07) is 9.21. The number of fused-ring (bicyclic) bond motifs is 1. The average molecular weight is 375 g/mol. The van der Waals surface area contributed by atoms with Gasteiger partial charge in [0.15, 0.2) is 0 Å². The Bertz CT molecular complexity index is 916. The van der Waals surface area contributed by atoms with Gasteiger partial charge in [0, 0.05) is 32.6 Å². The summed E-state index contributed by atoms with van der Waals surface area (Å²) in [5, 5.41) is 1.43. The van der Waals surface area contributed by atoms with Gasteiger partial charge in [0.05, 0.1) is 19.3 Å². The third-order valence-electron chi connectivity index (χ3n) is 3.42. The van der Waals surface area contributed by atoms with Gasteiger partial charge in [-0.1, -0.05) is 23.4 Å². The fraction of sp³-hybridized carbons (Fsp3) is 0.167. The largest absolute Gasteiger partial charge is 0.479 e. The number of nitrogens with zero attached hydrogens (tertiary/aromatic N) is 2. The monoisotopic (exact) mass is 374 g/mol. The maximum absolute atomic E-state index is 12.4. The summed E-state index contributed by atoms with van der Waals surface area (Å²) in [5.41, 5.74) is 0.997. The first-order valence-corrected chi connectivity index (χ1v) is 8.75. The van der Waals surface area contributed by atoms with Gasteiger partial charge < -0.3 is 9.47 Å². The standard InChI is InChI=1S/C18H15ClN2O3S/c1-3-24-18(22)14-10-21-15-13(8-9-20-17(15)23-2)16(14)25-12-6-4-11(19)5-7-12/h4-10H,3H2,1-2H3. The number of carbonyl (C=O) groups is 1. The zero-order valence-electron chi connectivity index (χ0n) is 13.7. The van der Waals surface area contributed by atoms with Gasteiger partial charge in [0.2, 0.25) is 5.88 Å². The molecule has 2 aromatic heterocycles. The van der Waals surface area contributed by atoms with E-state index in [1.165, 1.54) is 25.1 Å². The van der Waals surface area contributed by atoms with Gasteiger partial charge in [-0.15, -0.1) is 0 Å². The molecule has 128 valence electrons. The molecule has 7 heteroatoms.